The molecule has 1 saturated carbocycles. The number of imide groups is 1. The first-order valence-corrected chi connectivity index (χ1v) is 16.5. The van der Waals surface area contributed by atoms with Crippen LogP contribution in [0.4, 0.5) is 15.3 Å². The van der Waals surface area contributed by atoms with E-state index in [2.05, 4.69) is 21.3 Å². The molecule has 16 heteroatoms. The van der Waals surface area contributed by atoms with Gasteiger partial charge in [0.05, 0.1) is 12.6 Å². The first-order chi connectivity index (χ1) is 23.5. The van der Waals surface area contributed by atoms with Gasteiger partial charge in [-0.25, -0.2) is 9.59 Å². The number of fused-ring (bicyclic) bond motifs is 2. The van der Waals surface area contributed by atoms with Gasteiger partial charge < -0.3 is 36.5 Å². The average molecular weight is 682 g/mol. The van der Waals surface area contributed by atoms with Gasteiger partial charge in [-0.15, -0.1) is 0 Å². The van der Waals surface area contributed by atoms with Crippen molar-refractivity contribution in [1.29, 1.82) is 0 Å². The maximum atomic E-state index is 13.1. The highest BCUT2D eigenvalue weighted by atomic mass is 16.6. The van der Waals surface area contributed by atoms with Crippen molar-refractivity contribution in [3.05, 3.63) is 42.0 Å². The number of ether oxygens (including phenoxy) is 1. The summed E-state index contributed by atoms with van der Waals surface area (Å²) in [6.07, 6.45) is 7.64. The van der Waals surface area contributed by atoms with E-state index in [0.717, 1.165) is 30.4 Å². The third-order valence-corrected chi connectivity index (χ3v) is 8.83. The van der Waals surface area contributed by atoms with Crippen molar-refractivity contribution in [3.8, 4) is 0 Å². The molecular formula is C33H43N7O9. The summed E-state index contributed by atoms with van der Waals surface area (Å²) >= 11 is 0. The summed E-state index contributed by atoms with van der Waals surface area (Å²) in [4.78, 5) is 99.1. The largest absolute Gasteiger partial charge is 0.445 e. The second kappa shape index (κ2) is 17.8. The van der Waals surface area contributed by atoms with Crippen LogP contribution in [0.1, 0.15) is 63.4 Å². The number of urea groups is 1. The normalized spacial score (nSPS) is 19.8. The standard InChI is InChI=1S/C33H43N7O9/c34-32(47)35-15-4-5-25(38-28(43)18-36-27(42)6-2-1-3-16-39-29(44)13-14-30(39)45)31(46)37-23-10-7-21(8-11-23)20-49-33(48)40-24-12-9-22(17-24)26(40)19-41/h7-8,10-11,13-14,19,22,24-26H,1-6,9,12,15-18,20H2,(H,36,42)(H,37,46)(H,38,43)(H3,34,35,47)/t22-,24?,25?,26?/m1/s1. The van der Waals surface area contributed by atoms with Gasteiger partial charge in [0.2, 0.25) is 17.7 Å². The van der Waals surface area contributed by atoms with E-state index in [1.54, 1.807) is 29.2 Å². The molecule has 6 N–H and O–H groups in total. The number of rotatable bonds is 18. The van der Waals surface area contributed by atoms with Crippen LogP contribution in [0.15, 0.2) is 36.4 Å². The highest BCUT2D eigenvalue weighted by molar-refractivity contribution is 6.12. The molecule has 8 amide bonds. The van der Waals surface area contributed by atoms with Gasteiger partial charge in [-0.05, 0) is 68.6 Å². The number of amides is 8. The Balaban J connectivity index is 1.19. The van der Waals surface area contributed by atoms with Crippen molar-refractivity contribution in [2.45, 2.75) is 82.5 Å². The molecule has 3 unspecified atom stereocenters. The number of hydrogen-bond acceptors (Lipinski definition) is 9. The van der Waals surface area contributed by atoms with Gasteiger partial charge in [0.25, 0.3) is 11.8 Å². The van der Waals surface area contributed by atoms with E-state index in [-0.39, 0.29) is 68.8 Å². The molecular weight excluding hydrogens is 638 g/mol. The topological polar surface area (TPSA) is 226 Å². The zero-order chi connectivity index (χ0) is 35.3. The Morgan fingerprint density at radius 3 is 2.37 bits per heavy atom. The molecule has 2 bridgehead atoms. The fourth-order valence-corrected chi connectivity index (χ4v) is 6.29. The number of carbonyl (C=O) groups is 8. The maximum absolute atomic E-state index is 13.1. The van der Waals surface area contributed by atoms with E-state index >= 15 is 0 Å². The molecule has 0 radical (unpaired) electrons. The van der Waals surface area contributed by atoms with E-state index in [1.807, 2.05) is 0 Å². The van der Waals surface area contributed by atoms with Crippen LogP contribution in [0.2, 0.25) is 0 Å². The molecule has 0 spiro atoms. The Morgan fingerprint density at radius 2 is 1.67 bits per heavy atom. The minimum absolute atomic E-state index is 0.0118. The van der Waals surface area contributed by atoms with Gasteiger partial charge in [0.15, 0.2) is 0 Å². The van der Waals surface area contributed by atoms with Crippen molar-refractivity contribution in [2.75, 3.05) is 25.0 Å². The third-order valence-electron chi connectivity index (χ3n) is 8.83. The average Bonchev–Trinajstić information content (AvgIpc) is 3.79. The van der Waals surface area contributed by atoms with Crippen molar-refractivity contribution in [3.63, 3.8) is 0 Å². The van der Waals surface area contributed by atoms with Crippen molar-refractivity contribution in [2.24, 2.45) is 11.7 Å². The summed E-state index contributed by atoms with van der Waals surface area (Å²) in [5.41, 5.74) is 6.20. The summed E-state index contributed by atoms with van der Waals surface area (Å²) in [5, 5.41) is 10.3. The number of nitrogens with one attached hydrogen (secondary N) is 4. The van der Waals surface area contributed by atoms with Gasteiger partial charge >= 0.3 is 12.1 Å². The zero-order valence-corrected chi connectivity index (χ0v) is 27.2. The molecule has 2 aliphatic heterocycles. The number of benzene rings is 1. The fourth-order valence-electron chi connectivity index (χ4n) is 6.29. The van der Waals surface area contributed by atoms with Crippen LogP contribution in [0, 0.1) is 5.92 Å². The molecule has 3 aliphatic rings. The monoisotopic (exact) mass is 681 g/mol. The van der Waals surface area contributed by atoms with Gasteiger partial charge in [0.1, 0.15) is 18.9 Å². The predicted molar refractivity (Wildman–Crippen MR) is 174 cm³/mol. The molecule has 0 aromatic heterocycles. The first-order valence-electron chi connectivity index (χ1n) is 16.5. The second-order valence-electron chi connectivity index (χ2n) is 12.3. The molecule has 1 saturated heterocycles. The predicted octanol–water partition coefficient (Wildman–Crippen LogP) is 0.848. The van der Waals surface area contributed by atoms with Crippen LogP contribution >= 0.6 is 0 Å². The number of likely N-dealkylation sites (tertiary alicyclic amines) is 1. The molecule has 4 rings (SSSR count). The Bertz CT molecular complexity index is 1430. The SMILES string of the molecule is NC(=O)NCCCC(NC(=O)CNC(=O)CCCCCN1C(=O)C=CC1=O)C(=O)Nc1ccc(COC(=O)N2C3CC[C@H](C3)C2C=O)cc1. The van der Waals surface area contributed by atoms with Crippen molar-refractivity contribution in [1.82, 2.24) is 25.8 Å². The van der Waals surface area contributed by atoms with E-state index in [4.69, 9.17) is 10.5 Å². The molecule has 1 aromatic carbocycles. The Morgan fingerprint density at radius 1 is 0.939 bits per heavy atom. The van der Waals surface area contributed by atoms with Crippen molar-refractivity contribution >= 4 is 53.6 Å². The number of aldehydes is 1. The van der Waals surface area contributed by atoms with E-state index in [1.165, 1.54) is 12.2 Å². The first kappa shape index (κ1) is 36.6. The molecule has 4 atom stereocenters. The molecule has 16 nitrogen and oxygen atoms in total. The lowest BCUT2D eigenvalue weighted by Gasteiger charge is -2.31. The number of nitrogens with zero attached hydrogens (tertiary/aromatic N) is 2. The van der Waals surface area contributed by atoms with Gasteiger partial charge in [-0.2, -0.15) is 0 Å². The van der Waals surface area contributed by atoms with Crippen LogP contribution in [0.25, 0.3) is 0 Å². The highest BCUT2D eigenvalue weighted by Crippen LogP contribution is 2.42. The summed E-state index contributed by atoms with van der Waals surface area (Å²) in [6.45, 7) is 0.0880. The van der Waals surface area contributed by atoms with Gasteiger partial charge in [-0.1, -0.05) is 18.6 Å². The lowest BCUT2D eigenvalue weighted by atomic mass is 10.0. The molecule has 264 valence electrons. The number of carbonyl (C=O) groups excluding carboxylic acids is 8. The highest BCUT2D eigenvalue weighted by Gasteiger charge is 2.48. The molecule has 2 fully saturated rings. The molecule has 49 heavy (non-hydrogen) atoms. The Kier molecular flexibility index (Phi) is 13.2. The summed E-state index contributed by atoms with van der Waals surface area (Å²) < 4.78 is 5.47. The second-order valence-corrected chi connectivity index (χ2v) is 12.3. The summed E-state index contributed by atoms with van der Waals surface area (Å²) in [6, 6.07) is 4.48. The van der Waals surface area contributed by atoms with Crippen LogP contribution < -0.4 is 27.0 Å². The minimum Gasteiger partial charge on any atom is -0.445 e. The van der Waals surface area contributed by atoms with Crippen LogP contribution in [0.5, 0.6) is 0 Å². The molecule has 1 aliphatic carbocycles. The minimum atomic E-state index is -0.994. The Labute approximate surface area is 283 Å². The Hall–Kier alpha value is -5.28. The quantitative estimate of drug-likeness (QED) is 0.0840. The number of anilines is 1. The molecule has 1 aromatic rings. The summed E-state index contributed by atoms with van der Waals surface area (Å²) in [5.74, 6) is -1.98. The fraction of sp³-hybridized carbons (Fsp3) is 0.515. The number of hydrogen-bond donors (Lipinski definition) is 5. The van der Waals surface area contributed by atoms with E-state index in [9.17, 15) is 38.4 Å². The van der Waals surface area contributed by atoms with E-state index in [0.29, 0.717) is 36.9 Å². The number of primary amides is 1. The smallest absolute Gasteiger partial charge is 0.410 e. The van der Waals surface area contributed by atoms with Crippen LogP contribution in [0.3, 0.4) is 0 Å². The lowest BCUT2D eigenvalue weighted by Crippen LogP contribution is -2.47. The van der Waals surface area contributed by atoms with Crippen LogP contribution in [-0.4, -0.2) is 95.5 Å². The zero-order valence-electron chi connectivity index (χ0n) is 27.2. The molecule has 2 heterocycles. The van der Waals surface area contributed by atoms with Gasteiger partial charge in [0, 0.05) is 43.4 Å². The number of nitrogens with two attached hydrogens (primary N) is 1. The number of unbranched alkanes of at least 4 members (excludes halogenated alkanes) is 2. The third kappa shape index (κ3) is 10.6. The van der Waals surface area contributed by atoms with Gasteiger partial charge in [-0.3, -0.25) is 33.8 Å². The lowest BCUT2D eigenvalue weighted by molar-refractivity contribution is -0.137. The van der Waals surface area contributed by atoms with Crippen molar-refractivity contribution < 1.29 is 43.1 Å². The summed E-state index contributed by atoms with van der Waals surface area (Å²) in [7, 11) is 0. The number of piperidine rings is 1. The van der Waals surface area contributed by atoms with E-state index < -0.39 is 36.0 Å². The maximum Gasteiger partial charge on any atom is 0.410 e. The van der Waals surface area contributed by atoms with Crippen LogP contribution in [-0.2, 0) is 40.1 Å².